The lowest BCUT2D eigenvalue weighted by Crippen LogP contribution is -2.39. The van der Waals surface area contributed by atoms with Gasteiger partial charge in [0, 0.05) is 21.6 Å². The van der Waals surface area contributed by atoms with Crippen molar-refractivity contribution in [2.75, 3.05) is 0 Å². The zero-order valence-electron chi connectivity index (χ0n) is 13.8. The first-order valence-corrected chi connectivity index (χ1v) is 10.7. The Morgan fingerprint density at radius 3 is 2.46 bits per heavy atom. The zero-order valence-corrected chi connectivity index (χ0v) is 16.8. The molecule has 0 unspecified atom stereocenters. The molecule has 0 spiro atoms. The van der Waals surface area contributed by atoms with E-state index in [9.17, 15) is 13.2 Å². The Morgan fingerprint density at radius 1 is 1.12 bits per heavy atom. The van der Waals surface area contributed by atoms with Crippen LogP contribution in [0.3, 0.4) is 0 Å². The van der Waals surface area contributed by atoms with Gasteiger partial charge < -0.3 is 5.32 Å². The lowest BCUT2D eigenvalue weighted by molar-refractivity contribution is 0.245. The highest BCUT2D eigenvalue weighted by Gasteiger charge is 2.20. The second-order valence-electron chi connectivity index (χ2n) is 5.96. The Hall–Kier alpha value is -2.05. The molecule has 26 heavy (non-hydrogen) atoms. The van der Waals surface area contributed by atoms with Gasteiger partial charge in [-0.15, -0.1) is 0 Å². The number of hydrogen-bond acceptors (Lipinski definition) is 3. The number of amides is 2. The highest BCUT2D eigenvalue weighted by atomic mass is 127. The molecule has 1 fully saturated rings. The molecule has 1 aliphatic carbocycles. The fraction of sp³-hybridized carbons (Fsp3) is 0.211. The van der Waals surface area contributed by atoms with Crippen molar-refractivity contribution in [3.63, 3.8) is 0 Å². The molecule has 2 aromatic rings. The van der Waals surface area contributed by atoms with Crippen molar-refractivity contribution in [2.45, 2.75) is 24.3 Å². The summed E-state index contributed by atoms with van der Waals surface area (Å²) in [5.41, 5.74) is 1.80. The van der Waals surface area contributed by atoms with E-state index in [0.717, 1.165) is 11.1 Å². The Bertz CT molecular complexity index is 972. The van der Waals surface area contributed by atoms with Crippen LogP contribution in [-0.4, -0.2) is 14.4 Å². The molecule has 7 heteroatoms. The van der Waals surface area contributed by atoms with Crippen LogP contribution < -0.4 is 10.0 Å². The van der Waals surface area contributed by atoms with Gasteiger partial charge in [0.2, 0.25) is 0 Å². The van der Waals surface area contributed by atoms with Crippen molar-refractivity contribution in [3.8, 4) is 11.8 Å². The van der Waals surface area contributed by atoms with Crippen LogP contribution in [-0.2, 0) is 16.6 Å². The van der Waals surface area contributed by atoms with E-state index in [-0.39, 0.29) is 11.4 Å². The van der Waals surface area contributed by atoms with Crippen LogP contribution in [0.25, 0.3) is 0 Å². The van der Waals surface area contributed by atoms with Gasteiger partial charge in [0.05, 0.1) is 0 Å². The van der Waals surface area contributed by atoms with Crippen LogP contribution in [0.1, 0.15) is 24.0 Å². The number of carbonyl (C=O) groups is 1. The van der Waals surface area contributed by atoms with Crippen LogP contribution in [0.2, 0.25) is 0 Å². The molecule has 0 aromatic heterocycles. The van der Waals surface area contributed by atoms with Gasteiger partial charge >= 0.3 is 6.03 Å². The molecule has 2 aromatic carbocycles. The summed E-state index contributed by atoms with van der Waals surface area (Å²) in [6, 6.07) is 13.2. The third-order valence-corrected chi connectivity index (χ3v) is 6.45. The topological polar surface area (TPSA) is 75.3 Å². The minimum atomic E-state index is -3.90. The van der Waals surface area contributed by atoms with Gasteiger partial charge in [0.25, 0.3) is 10.0 Å². The number of nitrogens with one attached hydrogen (secondary N) is 2. The largest absolute Gasteiger partial charge is 0.333 e. The van der Waals surface area contributed by atoms with Crippen LogP contribution in [0.15, 0.2) is 53.4 Å². The van der Waals surface area contributed by atoms with Gasteiger partial charge in [0.1, 0.15) is 4.90 Å². The molecule has 134 valence electrons. The second-order valence-corrected chi connectivity index (χ2v) is 8.77. The van der Waals surface area contributed by atoms with Gasteiger partial charge in [0.15, 0.2) is 0 Å². The van der Waals surface area contributed by atoms with Gasteiger partial charge in [-0.2, -0.15) is 0 Å². The Morgan fingerprint density at radius 2 is 1.81 bits per heavy atom. The number of rotatable bonds is 4. The first kappa shape index (κ1) is 18.7. The lowest BCUT2D eigenvalue weighted by atomic mass is 10.1. The van der Waals surface area contributed by atoms with Gasteiger partial charge in [-0.1, -0.05) is 36.1 Å². The summed E-state index contributed by atoms with van der Waals surface area (Å²) in [7, 11) is -3.90. The van der Waals surface area contributed by atoms with E-state index in [1.807, 2.05) is 51.6 Å². The number of carbonyl (C=O) groups excluding carboxylic acids is 1. The predicted molar refractivity (Wildman–Crippen MR) is 108 cm³/mol. The molecule has 2 N–H and O–H groups in total. The monoisotopic (exact) mass is 480 g/mol. The number of urea groups is 1. The van der Waals surface area contributed by atoms with Crippen molar-refractivity contribution >= 4 is 38.6 Å². The zero-order chi connectivity index (χ0) is 18.6. The highest BCUT2D eigenvalue weighted by molar-refractivity contribution is 14.1. The van der Waals surface area contributed by atoms with Crippen molar-refractivity contribution in [2.24, 2.45) is 5.92 Å². The van der Waals surface area contributed by atoms with Crippen LogP contribution in [0.5, 0.6) is 0 Å². The lowest BCUT2D eigenvalue weighted by Gasteiger charge is -2.10. The molecule has 1 aliphatic rings. The number of hydrogen-bond donors (Lipinski definition) is 2. The van der Waals surface area contributed by atoms with E-state index < -0.39 is 16.1 Å². The maximum Gasteiger partial charge on any atom is 0.328 e. The summed E-state index contributed by atoms with van der Waals surface area (Å²) >= 11 is 1.92. The smallest absolute Gasteiger partial charge is 0.328 e. The van der Waals surface area contributed by atoms with Gasteiger partial charge in [-0.3, -0.25) is 0 Å². The average molecular weight is 480 g/mol. The molecule has 1 saturated carbocycles. The van der Waals surface area contributed by atoms with E-state index in [2.05, 4.69) is 17.2 Å². The molecule has 2 amide bonds. The van der Waals surface area contributed by atoms with Crippen molar-refractivity contribution in [1.29, 1.82) is 0 Å². The summed E-state index contributed by atoms with van der Waals surface area (Å²) in [5.74, 6) is 6.87. The molecule has 5 nitrogen and oxygen atoms in total. The number of benzene rings is 2. The summed E-state index contributed by atoms with van der Waals surface area (Å²) < 4.78 is 27.1. The quantitative estimate of drug-likeness (QED) is 0.522. The Labute approximate surface area is 166 Å². The predicted octanol–water partition coefficient (Wildman–Crippen LogP) is 3.24. The molecule has 3 rings (SSSR count). The maximum absolute atomic E-state index is 12.3. The molecule has 0 heterocycles. The fourth-order valence-corrected chi connectivity index (χ4v) is 4.44. The average Bonchev–Trinajstić information content (AvgIpc) is 3.43. The summed E-state index contributed by atoms with van der Waals surface area (Å²) in [4.78, 5) is 12.0. The van der Waals surface area contributed by atoms with Crippen molar-refractivity contribution < 1.29 is 13.2 Å². The number of halogens is 1. The normalized spacial score (nSPS) is 13.4. The summed E-state index contributed by atoms with van der Waals surface area (Å²) in [6.45, 7) is 0.226. The molecule has 0 radical (unpaired) electrons. The van der Waals surface area contributed by atoms with Crippen LogP contribution in [0.4, 0.5) is 4.79 Å². The minimum Gasteiger partial charge on any atom is -0.333 e. The SMILES string of the molecule is O=C(NCc1ccc(C#CC2CC2)cc1)NS(=O)(=O)c1ccccc1I. The third-order valence-electron chi connectivity index (χ3n) is 3.76. The Balaban J connectivity index is 1.55. The van der Waals surface area contributed by atoms with Crippen molar-refractivity contribution in [1.82, 2.24) is 10.0 Å². The molecule has 0 saturated heterocycles. The van der Waals surface area contributed by atoms with Gasteiger partial charge in [-0.05, 0) is 65.3 Å². The highest BCUT2D eigenvalue weighted by Crippen LogP contribution is 2.27. The van der Waals surface area contributed by atoms with Crippen LogP contribution in [0, 0.1) is 21.3 Å². The van der Waals surface area contributed by atoms with E-state index in [4.69, 9.17) is 0 Å². The Kier molecular flexibility index (Phi) is 5.84. The molecule has 0 aliphatic heterocycles. The van der Waals surface area contributed by atoms with Gasteiger partial charge in [-0.25, -0.2) is 17.9 Å². The van der Waals surface area contributed by atoms with Crippen molar-refractivity contribution in [3.05, 3.63) is 63.2 Å². The van der Waals surface area contributed by atoms with Crippen LogP contribution >= 0.6 is 22.6 Å². The first-order valence-electron chi connectivity index (χ1n) is 8.10. The van der Waals surface area contributed by atoms with E-state index >= 15 is 0 Å². The van der Waals surface area contributed by atoms with E-state index in [0.29, 0.717) is 9.49 Å². The molecule has 0 bridgehead atoms. The molecular formula is C19H17IN2O3S. The van der Waals surface area contributed by atoms with E-state index in [1.54, 1.807) is 18.2 Å². The standard InChI is InChI=1S/C19H17IN2O3S/c20-17-3-1-2-4-18(17)26(24,25)22-19(23)21-13-16-11-9-15(10-12-16)8-7-14-5-6-14/h1-4,9-12,14H,5-6,13H2,(H2,21,22,23). The summed E-state index contributed by atoms with van der Waals surface area (Å²) in [5, 5.41) is 2.56. The number of sulfonamides is 1. The summed E-state index contributed by atoms with van der Waals surface area (Å²) in [6.07, 6.45) is 2.38. The minimum absolute atomic E-state index is 0.0781. The van der Waals surface area contributed by atoms with E-state index in [1.165, 1.54) is 18.9 Å². The molecule has 0 atom stereocenters. The second kappa shape index (κ2) is 8.10. The maximum atomic E-state index is 12.3. The first-order chi connectivity index (χ1) is 12.4. The third kappa shape index (κ3) is 5.22. The fourth-order valence-electron chi connectivity index (χ4n) is 2.18. The molecular weight excluding hydrogens is 463 g/mol.